The average molecular weight is 538 g/mol. The van der Waals surface area contributed by atoms with Gasteiger partial charge >= 0.3 is 0 Å². The van der Waals surface area contributed by atoms with Crippen molar-refractivity contribution in [3.63, 3.8) is 0 Å². The number of rotatable bonds is 3. The SMILES string of the molecule is CN(C)c1cc(C#CC(C)(C)C)c(O)c2c1C[C@H]1C[C@H]3[C@H](N(C)C)C(=O)C(C(N)=O)=C(O)[C@@]3(O)C(=O)C1=C2O. The van der Waals surface area contributed by atoms with Crippen LogP contribution in [0, 0.1) is 29.1 Å². The van der Waals surface area contributed by atoms with Crippen LogP contribution in [0.4, 0.5) is 5.69 Å². The normalized spacial score (nSPS) is 26.5. The summed E-state index contributed by atoms with van der Waals surface area (Å²) in [5.74, 6) is -0.777. The summed E-state index contributed by atoms with van der Waals surface area (Å²) in [6.07, 6.45) is 0.244. The summed E-state index contributed by atoms with van der Waals surface area (Å²) in [6.45, 7) is 5.75. The Balaban J connectivity index is 2.01. The Labute approximate surface area is 227 Å². The van der Waals surface area contributed by atoms with Crippen molar-refractivity contribution in [2.75, 3.05) is 33.1 Å². The van der Waals surface area contributed by atoms with Crippen molar-refractivity contribution in [3.8, 4) is 17.6 Å². The molecule has 4 rings (SSSR count). The van der Waals surface area contributed by atoms with Gasteiger partial charge in [-0.05, 0) is 65.3 Å². The zero-order valence-electron chi connectivity index (χ0n) is 23.2. The van der Waals surface area contributed by atoms with Crippen molar-refractivity contribution in [2.24, 2.45) is 23.0 Å². The van der Waals surface area contributed by atoms with Crippen LogP contribution in [-0.2, 0) is 20.8 Å². The number of fused-ring (bicyclic) bond motifs is 3. The molecule has 6 N–H and O–H groups in total. The zero-order chi connectivity index (χ0) is 29.4. The number of carbonyl (C=O) groups excluding carboxylic acids is 3. The minimum absolute atomic E-state index is 0.0238. The number of likely N-dealkylation sites (N-methyl/N-ethyl adjacent to an activating group) is 1. The van der Waals surface area contributed by atoms with Crippen LogP contribution in [0.15, 0.2) is 23.0 Å². The number of anilines is 1. The fourth-order valence-corrected chi connectivity index (χ4v) is 6.04. The summed E-state index contributed by atoms with van der Waals surface area (Å²) in [7, 11) is 6.75. The van der Waals surface area contributed by atoms with Crippen molar-refractivity contribution < 1.29 is 34.8 Å². The van der Waals surface area contributed by atoms with E-state index in [0.717, 1.165) is 0 Å². The number of nitrogens with two attached hydrogens (primary N) is 1. The number of amides is 1. The van der Waals surface area contributed by atoms with Crippen LogP contribution >= 0.6 is 0 Å². The molecular weight excluding hydrogens is 502 g/mol. The van der Waals surface area contributed by atoms with Crippen molar-refractivity contribution in [1.29, 1.82) is 0 Å². The highest BCUT2D eigenvalue weighted by Crippen LogP contribution is 2.54. The second-order valence-electron chi connectivity index (χ2n) is 12.0. The molecule has 10 nitrogen and oxygen atoms in total. The lowest BCUT2D eigenvalue weighted by Crippen LogP contribution is -2.65. The minimum atomic E-state index is -2.67. The van der Waals surface area contributed by atoms with Crippen LogP contribution in [0.1, 0.15) is 43.9 Å². The molecule has 0 heterocycles. The van der Waals surface area contributed by atoms with Crippen LogP contribution in [0.5, 0.6) is 5.75 Å². The van der Waals surface area contributed by atoms with E-state index in [-0.39, 0.29) is 40.7 Å². The monoisotopic (exact) mass is 537 g/mol. The van der Waals surface area contributed by atoms with Gasteiger partial charge in [-0.3, -0.25) is 19.3 Å². The number of carbonyl (C=O) groups is 3. The number of nitrogens with zero attached hydrogens (tertiary/aromatic N) is 2. The average Bonchev–Trinajstić information content (AvgIpc) is 2.79. The molecule has 39 heavy (non-hydrogen) atoms. The molecule has 1 amide bonds. The van der Waals surface area contributed by atoms with Gasteiger partial charge in [0, 0.05) is 36.7 Å². The summed E-state index contributed by atoms with van der Waals surface area (Å²) >= 11 is 0. The van der Waals surface area contributed by atoms with Crippen molar-refractivity contribution in [2.45, 2.75) is 45.3 Å². The van der Waals surface area contributed by atoms with Gasteiger partial charge in [0.1, 0.15) is 22.8 Å². The Morgan fingerprint density at radius 3 is 2.26 bits per heavy atom. The number of Topliss-reactive ketones (excluding diaryl/α,β-unsaturated/α-hetero) is 2. The van der Waals surface area contributed by atoms with E-state index in [4.69, 9.17) is 5.73 Å². The van der Waals surface area contributed by atoms with Crippen LogP contribution in [0.3, 0.4) is 0 Å². The molecule has 0 saturated heterocycles. The van der Waals surface area contributed by atoms with Gasteiger partial charge in [0.25, 0.3) is 5.91 Å². The number of aliphatic hydroxyl groups excluding tert-OH is 2. The summed E-state index contributed by atoms with van der Waals surface area (Å²) in [5.41, 5.74) is 2.85. The maximum atomic E-state index is 14.0. The second-order valence-corrected chi connectivity index (χ2v) is 12.0. The number of benzene rings is 1. The lowest BCUT2D eigenvalue weighted by atomic mass is 9.57. The smallest absolute Gasteiger partial charge is 0.255 e. The van der Waals surface area contributed by atoms with Gasteiger partial charge in [-0.2, -0.15) is 0 Å². The van der Waals surface area contributed by atoms with Crippen LogP contribution in [0.25, 0.3) is 5.76 Å². The molecule has 1 aromatic rings. The zero-order valence-corrected chi connectivity index (χ0v) is 23.2. The molecular formula is C29H35N3O7. The number of primary amides is 1. The predicted molar refractivity (Wildman–Crippen MR) is 145 cm³/mol. The third-order valence-corrected chi connectivity index (χ3v) is 7.75. The third kappa shape index (κ3) is 4.17. The number of phenolic OH excluding ortho intramolecular Hbond substituents is 1. The molecule has 3 aliphatic carbocycles. The molecule has 10 heteroatoms. The van der Waals surface area contributed by atoms with Crippen LogP contribution < -0.4 is 10.6 Å². The summed E-state index contributed by atoms with van der Waals surface area (Å²) in [4.78, 5) is 42.6. The second kappa shape index (κ2) is 9.14. The van der Waals surface area contributed by atoms with Crippen molar-refractivity contribution in [1.82, 2.24) is 4.90 Å². The topological polar surface area (TPSA) is 165 Å². The summed E-state index contributed by atoms with van der Waals surface area (Å²) in [6, 6.07) is 0.603. The number of aliphatic hydroxyl groups is 3. The van der Waals surface area contributed by atoms with Gasteiger partial charge in [0.05, 0.1) is 17.2 Å². The lowest BCUT2D eigenvalue weighted by molar-refractivity contribution is -0.153. The number of hydrogen-bond donors (Lipinski definition) is 5. The molecule has 3 aliphatic rings. The molecule has 1 fully saturated rings. The summed E-state index contributed by atoms with van der Waals surface area (Å²) in [5, 5.41) is 45.5. The van der Waals surface area contributed by atoms with E-state index < -0.39 is 58.0 Å². The molecule has 0 bridgehead atoms. The standard InChI is InChI=1S/C29H35N3O7/c1-28(2,3)9-8-13-12-17(31(4)5)15-10-14-11-16-21(32(6)7)24(35)20(27(30)38)26(37)29(16,39)25(36)18(14)23(34)19(15)22(13)33/h12,14,16,21,33-34,37,39H,10-11H2,1-7H3,(H2,30,38)/t14-,16-,21-,29-/m0/s1. The number of hydrogen-bond acceptors (Lipinski definition) is 9. The molecule has 208 valence electrons. The molecule has 1 saturated carbocycles. The third-order valence-electron chi connectivity index (χ3n) is 7.75. The maximum Gasteiger partial charge on any atom is 0.255 e. The predicted octanol–water partition coefficient (Wildman–Crippen LogP) is 1.43. The lowest BCUT2D eigenvalue weighted by Gasteiger charge is -2.50. The highest BCUT2D eigenvalue weighted by molar-refractivity contribution is 6.24. The van der Waals surface area contributed by atoms with E-state index in [2.05, 4.69) is 11.8 Å². The van der Waals surface area contributed by atoms with Gasteiger partial charge in [0.15, 0.2) is 11.4 Å². The van der Waals surface area contributed by atoms with Crippen LogP contribution in [-0.4, -0.2) is 82.6 Å². The number of phenols is 1. The Morgan fingerprint density at radius 1 is 1.13 bits per heavy atom. The molecule has 0 radical (unpaired) electrons. The van der Waals surface area contributed by atoms with E-state index in [0.29, 0.717) is 11.3 Å². The highest BCUT2D eigenvalue weighted by Gasteiger charge is 2.64. The summed E-state index contributed by atoms with van der Waals surface area (Å²) < 4.78 is 0. The fourth-order valence-electron chi connectivity index (χ4n) is 6.04. The minimum Gasteiger partial charge on any atom is -0.508 e. The van der Waals surface area contributed by atoms with Gasteiger partial charge in [-0.25, -0.2) is 0 Å². The fraction of sp³-hybridized carbons (Fsp3) is 0.483. The Kier molecular flexibility index (Phi) is 6.61. The van der Waals surface area contributed by atoms with E-state index in [1.165, 1.54) is 4.90 Å². The highest BCUT2D eigenvalue weighted by atomic mass is 16.3. The van der Waals surface area contributed by atoms with E-state index in [1.54, 1.807) is 20.2 Å². The molecule has 4 atom stereocenters. The number of ketones is 2. The van der Waals surface area contributed by atoms with E-state index in [1.807, 2.05) is 39.8 Å². The van der Waals surface area contributed by atoms with E-state index >= 15 is 0 Å². The molecule has 0 spiro atoms. The molecule has 0 unspecified atom stereocenters. The van der Waals surface area contributed by atoms with Gasteiger partial charge < -0.3 is 31.1 Å². The van der Waals surface area contributed by atoms with Crippen LogP contribution in [0.2, 0.25) is 0 Å². The Morgan fingerprint density at radius 2 is 1.74 bits per heavy atom. The Bertz CT molecular complexity index is 1440. The molecule has 1 aromatic carbocycles. The Hall–Kier alpha value is -3.81. The maximum absolute atomic E-state index is 14.0. The van der Waals surface area contributed by atoms with Gasteiger partial charge in [-0.1, -0.05) is 11.8 Å². The van der Waals surface area contributed by atoms with Crippen molar-refractivity contribution >= 4 is 28.9 Å². The first-order valence-electron chi connectivity index (χ1n) is 12.7. The first kappa shape index (κ1) is 28.2. The quantitative estimate of drug-likeness (QED) is 0.283. The van der Waals surface area contributed by atoms with Crippen molar-refractivity contribution in [3.05, 3.63) is 39.7 Å². The van der Waals surface area contributed by atoms with Gasteiger partial charge in [0.2, 0.25) is 5.78 Å². The van der Waals surface area contributed by atoms with Gasteiger partial charge in [-0.15, -0.1) is 0 Å². The molecule has 0 aromatic heterocycles. The first-order valence-corrected chi connectivity index (χ1v) is 12.7. The molecule has 0 aliphatic heterocycles. The first-order chi connectivity index (χ1) is 17.9. The van der Waals surface area contributed by atoms with E-state index in [9.17, 15) is 34.8 Å². The largest absolute Gasteiger partial charge is 0.508 e. The number of aromatic hydroxyl groups is 1.